The van der Waals surface area contributed by atoms with Gasteiger partial charge < -0.3 is 14.6 Å². The predicted octanol–water partition coefficient (Wildman–Crippen LogP) is 3.83. The third-order valence-corrected chi connectivity index (χ3v) is 4.55. The molecule has 0 saturated heterocycles. The maximum Gasteiger partial charge on any atom is 0.243 e. The first kappa shape index (κ1) is 18.6. The summed E-state index contributed by atoms with van der Waals surface area (Å²) in [6.45, 7) is 3.93. The molecule has 0 aliphatic carbocycles. The summed E-state index contributed by atoms with van der Waals surface area (Å²) in [4.78, 5) is 25.9. The normalized spacial score (nSPS) is 10.8. The Bertz CT molecular complexity index is 993. The van der Waals surface area contributed by atoms with Crippen LogP contribution in [0.15, 0.2) is 47.1 Å². The molecule has 0 aliphatic rings. The zero-order valence-corrected chi connectivity index (χ0v) is 15.5. The Morgan fingerprint density at radius 3 is 2.48 bits per heavy atom. The molecule has 0 atom stereocenters. The molecule has 2 aromatic carbocycles. The summed E-state index contributed by atoms with van der Waals surface area (Å²) < 4.78 is 18.5. The van der Waals surface area contributed by atoms with Crippen LogP contribution < -0.4 is 5.32 Å². The largest absolute Gasteiger partial charge is 0.464 e. The van der Waals surface area contributed by atoms with Crippen molar-refractivity contribution >= 4 is 28.5 Å². The number of fused-ring (bicyclic) bond motifs is 1. The van der Waals surface area contributed by atoms with Crippen LogP contribution in [0.4, 0.5) is 10.1 Å². The first-order valence-electron chi connectivity index (χ1n) is 8.60. The van der Waals surface area contributed by atoms with Gasteiger partial charge in [0.15, 0.2) is 0 Å². The fourth-order valence-corrected chi connectivity index (χ4v) is 2.81. The zero-order valence-electron chi connectivity index (χ0n) is 15.5. The molecule has 2 amide bonds. The summed E-state index contributed by atoms with van der Waals surface area (Å²) in [6, 6.07) is 9.43. The third kappa shape index (κ3) is 4.34. The number of carbonyl (C=O) groups is 2. The fraction of sp³-hybridized carbons (Fsp3) is 0.238. The minimum atomic E-state index is -0.377. The van der Waals surface area contributed by atoms with E-state index in [4.69, 9.17) is 4.42 Å². The van der Waals surface area contributed by atoms with Crippen molar-refractivity contribution in [3.63, 3.8) is 0 Å². The van der Waals surface area contributed by atoms with Gasteiger partial charge in [0.2, 0.25) is 11.8 Å². The van der Waals surface area contributed by atoms with Crippen LogP contribution in [-0.4, -0.2) is 30.3 Å². The number of anilines is 1. The van der Waals surface area contributed by atoms with Gasteiger partial charge in [-0.1, -0.05) is 0 Å². The van der Waals surface area contributed by atoms with Gasteiger partial charge in [0.25, 0.3) is 0 Å². The Hall–Kier alpha value is -3.15. The number of halogens is 1. The van der Waals surface area contributed by atoms with Crippen LogP contribution in [0.25, 0.3) is 11.0 Å². The molecule has 0 bridgehead atoms. The molecular weight excluding hydrogens is 347 g/mol. The van der Waals surface area contributed by atoms with E-state index < -0.39 is 0 Å². The molecule has 140 valence electrons. The lowest BCUT2D eigenvalue weighted by atomic mass is 10.0. The van der Waals surface area contributed by atoms with Crippen molar-refractivity contribution in [2.45, 2.75) is 20.3 Å². The van der Waals surface area contributed by atoms with Crippen molar-refractivity contribution in [3.8, 4) is 0 Å². The first-order valence-corrected chi connectivity index (χ1v) is 8.60. The lowest BCUT2D eigenvalue weighted by Crippen LogP contribution is -2.35. The molecule has 1 aromatic heterocycles. The highest BCUT2D eigenvalue weighted by Gasteiger charge is 2.17. The SMILES string of the molecule is Cc1cc2occ(CC(=O)N(C)CC(=O)Nc3ccc(F)cc3)c2cc1C. The van der Waals surface area contributed by atoms with E-state index >= 15 is 0 Å². The number of hydrogen-bond donors (Lipinski definition) is 1. The van der Waals surface area contributed by atoms with Crippen LogP contribution >= 0.6 is 0 Å². The van der Waals surface area contributed by atoms with E-state index in [9.17, 15) is 14.0 Å². The Morgan fingerprint density at radius 1 is 1.11 bits per heavy atom. The van der Waals surface area contributed by atoms with Crippen LogP contribution in [0.3, 0.4) is 0 Å². The number of furan rings is 1. The quantitative estimate of drug-likeness (QED) is 0.744. The van der Waals surface area contributed by atoms with Gasteiger partial charge in [0.1, 0.15) is 11.4 Å². The topological polar surface area (TPSA) is 62.6 Å². The van der Waals surface area contributed by atoms with Gasteiger partial charge in [-0.3, -0.25) is 9.59 Å². The number of benzene rings is 2. The minimum absolute atomic E-state index is 0.0931. The van der Waals surface area contributed by atoms with E-state index in [1.165, 1.54) is 29.2 Å². The smallest absolute Gasteiger partial charge is 0.243 e. The molecular formula is C21H21FN2O3. The summed E-state index contributed by atoms with van der Waals surface area (Å²) in [7, 11) is 1.57. The van der Waals surface area contributed by atoms with Crippen molar-refractivity contribution < 1.29 is 18.4 Å². The third-order valence-electron chi connectivity index (χ3n) is 4.55. The van der Waals surface area contributed by atoms with E-state index in [1.807, 2.05) is 26.0 Å². The summed E-state index contributed by atoms with van der Waals surface area (Å²) in [5.74, 6) is -0.913. The monoisotopic (exact) mass is 368 g/mol. The van der Waals surface area contributed by atoms with E-state index in [2.05, 4.69) is 5.32 Å². The van der Waals surface area contributed by atoms with Crippen LogP contribution in [0, 0.1) is 19.7 Å². The van der Waals surface area contributed by atoms with Gasteiger partial charge in [-0.15, -0.1) is 0 Å². The number of aryl methyl sites for hydroxylation is 2. The molecule has 5 nitrogen and oxygen atoms in total. The molecule has 0 aliphatic heterocycles. The molecule has 0 radical (unpaired) electrons. The Kier molecular flexibility index (Phi) is 5.26. The molecule has 1 N–H and O–H groups in total. The van der Waals surface area contributed by atoms with Gasteiger partial charge in [-0.05, 0) is 61.4 Å². The Morgan fingerprint density at radius 2 is 1.78 bits per heavy atom. The van der Waals surface area contributed by atoms with Gasteiger partial charge in [0.05, 0.1) is 19.2 Å². The van der Waals surface area contributed by atoms with Crippen LogP contribution in [0.5, 0.6) is 0 Å². The van der Waals surface area contributed by atoms with Crippen LogP contribution in [0.1, 0.15) is 16.7 Å². The lowest BCUT2D eigenvalue weighted by molar-refractivity contribution is -0.132. The van der Waals surface area contributed by atoms with Crippen molar-refractivity contribution in [1.82, 2.24) is 4.90 Å². The molecule has 27 heavy (non-hydrogen) atoms. The molecule has 0 unspecified atom stereocenters. The molecule has 0 saturated carbocycles. The van der Waals surface area contributed by atoms with E-state index in [0.717, 1.165) is 27.7 Å². The van der Waals surface area contributed by atoms with Crippen LogP contribution in [-0.2, 0) is 16.0 Å². The lowest BCUT2D eigenvalue weighted by Gasteiger charge is -2.16. The number of rotatable bonds is 5. The maximum absolute atomic E-state index is 12.9. The van der Waals surface area contributed by atoms with Crippen molar-refractivity contribution in [2.75, 3.05) is 18.9 Å². The summed E-state index contributed by atoms with van der Waals surface area (Å²) in [5, 5.41) is 3.55. The zero-order chi connectivity index (χ0) is 19.6. The molecule has 3 rings (SSSR count). The number of amides is 2. The van der Waals surface area contributed by atoms with E-state index in [1.54, 1.807) is 13.3 Å². The summed E-state index contributed by atoms with van der Waals surface area (Å²) in [6.07, 6.45) is 1.74. The van der Waals surface area contributed by atoms with Gasteiger partial charge in [0, 0.05) is 23.7 Å². The second-order valence-corrected chi connectivity index (χ2v) is 6.68. The predicted molar refractivity (Wildman–Crippen MR) is 102 cm³/mol. The number of nitrogens with zero attached hydrogens (tertiary/aromatic N) is 1. The van der Waals surface area contributed by atoms with Crippen molar-refractivity contribution in [3.05, 3.63) is 65.2 Å². The van der Waals surface area contributed by atoms with Gasteiger partial charge in [-0.2, -0.15) is 0 Å². The average Bonchev–Trinajstić information content (AvgIpc) is 2.99. The molecule has 3 aromatic rings. The summed E-state index contributed by atoms with van der Waals surface area (Å²) >= 11 is 0. The highest BCUT2D eigenvalue weighted by atomic mass is 19.1. The molecule has 1 heterocycles. The number of likely N-dealkylation sites (N-methyl/N-ethyl adjacent to an activating group) is 1. The molecule has 6 heteroatoms. The standard InChI is InChI=1S/C21H21FN2O3/c1-13-8-18-15(12-27-19(18)9-14(13)2)10-21(26)24(3)11-20(25)23-17-6-4-16(22)5-7-17/h4-9,12H,10-11H2,1-3H3,(H,23,25). The van der Waals surface area contributed by atoms with Crippen molar-refractivity contribution in [1.29, 1.82) is 0 Å². The Labute approximate surface area is 156 Å². The number of carbonyl (C=O) groups excluding carboxylic acids is 2. The van der Waals surface area contributed by atoms with Crippen molar-refractivity contribution in [2.24, 2.45) is 0 Å². The maximum atomic E-state index is 12.9. The number of hydrogen-bond acceptors (Lipinski definition) is 3. The van der Waals surface area contributed by atoms with E-state index in [-0.39, 0.29) is 30.6 Å². The highest BCUT2D eigenvalue weighted by Crippen LogP contribution is 2.25. The fourth-order valence-electron chi connectivity index (χ4n) is 2.81. The average molecular weight is 368 g/mol. The van der Waals surface area contributed by atoms with Gasteiger partial charge >= 0.3 is 0 Å². The summed E-state index contributed by atoms with van der Waals surface area (Å²) in [5.41, 5.74) is 4.28. The second-order valence-electron chi connectivity index (χ2n) is 6.68. The van der Waals surface area contributed by atoms with Crippen LogP contribution in [0.2, 0.25) is 0 Å². The minimum Gasteiger partial charge on any atom is -0.464 e. The Balaban J connectivity index is 1.63. The van der Waals surface area contributed by atoms with E-state index in [0.29, 0.717) is 5.69 Å². The highest BCUT2D eigenvalue weighted by molar-refractivity contribution is 5.95. The van der Waals surface area contributed by atoms with Gasteiger partial charge in [-0.25, -0.2) is 4.39 Å². The molecule has 0 spiro atoms. The number of nitrogens with one attached hydrogen (secondary N) is 1. The second kappa shape index (κ2) is 7.61. The first-order chi connectivity index (χ1) is 12.8. The molecule has 0 fully saturated rings.